The predicted molar refractivity (Wildman–Crippen MR) is 111 cm³/mol. The second-order valence-electron chi connectivity index (χ2n) is 8.32. The van der Waals surface area contributed by atoms with Crippen molar-refractivity contribution in [1.29, 1.82) is 0 Å². The molecule has 0 radical (unpaired) electrons. The van der Waals surface area contributed by atoms with Gasteiger partial charge in [0.1, 0.15) is 11.5 Å². The lowest BCUT2D eigenvalue weighted by Crippen LogP contribution is -2.41. The van der Waals surface area contributed by atoms with E-state index >= 15 is 0 Å². The van der Waals surface area contributed by atoms with Gasteiger partial charge in [0.2, 0.25) is 0 Å². The maximum Gasteiger partial charge on any atom is 0.125 e. The summed E-state index contributed by atoms with van der Waals surface area (Å²) in [5, 5.41) is 1.48. The van der Waals surface area contributed by atoms with E-state index in [1.807, 2.05) is 14.2 Å². The summed E-state index contributed by atoms with van der Waals surface area (Å²) in [6.07, 6.45) is 11.9. The molecule has 1 aliphatic rings. The van der Waals surface area contributed by atoms with Crippen molar-refractivity contribution in [1.82, 2.24) is 0 Å². The van der Waals surface area contributed by atoms with Gasteiger partial charge in [-0.3, -0.25) is 0 Å². The van der Waals surface area contributed by atoms with Crippen LogP contribution in [0.2, 0.25) is 19.1 Å². The summed E-state index contributed by atoms with van der Waals surface area (Å²) in [6, 6.07) is 6.04. The summed E-state index contributed by atoms with van der Waals surface area (Å²) >= 11 is 0. The molecule has 0 bridgehead atoms. The average molecular weight is 363 g/mol. The largest absolute Gasteiger partial charge is 0.496 e. The zero-order valence-corrected chi connectivity index (χ0v) is 18.1. The van der Waals surface area contributed by atoms with E-state index in [1.165, 1.54) is 74.6 Å². The Hall–Kier alpha value is -0.963. The quantitative estimate of drug-likeness (QED) is 0.382. The summed E-state index contributed by atoms with van der Waals surface area (Å²) in [5.41, 5.74) is 1.32. The summed E-state index contributed by atoms with van der Waals surface area (Å²) in [4.78, 5) is 0. The van der Waals surface area contributed by atoms with Crippen LogP contribution in [0.15, 0.2) is 12.1 Å². The molecule has 25 heavy (non-hydrogen) atoms. The van der Waals surface area contributed by atoms with Gasteiger partial charge in [-0.1, -0.05) is 76.2 Å². The van der Waals surface area contributed by atoms with Crippen LogP contribution in [0.25, 0.3) is 0 Å². The molecular formula is C22H38O2Si. The number of ether oxygens (including phenoxy) is 2. The fourth-order valence-corrected chi connectivity index (χ4v) is 6.73. The molecule has 2 rings (SSSR count). The molecule has 1 aliphatic carbocycles. The van der Waals surface area contributed by atoms with Gasteiger partial charge in [-0.2, -0.15) is 0 Å². The van der Waals surface area contributed by atoms with Crippen LogP contribution in [0.4, 0.5) is 0 Å². The van der Waals surface area contributed by atoms with Crippen molar-refractivity contribution in [2.75, 3.05) is 14.2 Å². The Kier molecular flexibility index (Phi) is 7.86. The van der Waals surface area contributed by atoms with Crippen LogP contribution in [0, 0.1) is 0 Å². The van der Waals surface area contributed by atoms with Gasteiger partial charge < -0.3 is 9.47 Å². The molecule has 0 N–H and O–H groups in total. The standard InChI is InChI=1S/C22H38O2Si/c1-6-7-8-12-15-25(4,5)19-16-20(23-2)22(21(17-19)24-3)18-13-10-9-11-14-18/h16-18H,6-15H2,1-5H3. The van der Waals surface area contributed by atoms with Gasteiger partial charge in [0.05, 0.1) is 22.3 Å². The number of methoxy groups -OCH3 is 2. The molecule has 0 atom stereocenters. The van der Waals surface area contributed by atoms with Crippen LogP contribution in [-0.2, 0) is 0 Å². The van der Waals surface area contributed by atoms with Gasteiger partial charge >= 0.3 is 0 Å². The maximum absolute atomic E-state index is 5.86. The van der Waals surface area contributed by atoms with E-state index in [1.54, 1.807) is 0 Å². The molecule has 0 unspecified atom stereocenters. The number of hydrogen-bond donors (Lipinski definition) is 0. The van der Waals surface area contributed by atoms with Gasteiger partial charge in [0.15, 0.2) is 0 Å². The van der Waals surface area contributed by atoms with Crippen LogP contribution in [0.3, 0.4) is 0 Å². The van der Waals surface area contributed by atoms with E-state index in [-0.39, 0.29) is 0 Å². The molecule has 0 aromatic heterocycles. The number of rotatable bonds is 9. The zero-order chi connectivity index (χ0) is 18.3. The molecule has 0 heterocycles. The first-order valence-electron chi connectivity index (χ1n) is 10.3. The second-order valence-corrected chi connectivity index (χ2v) is 13.2. The molecular weight excluding hydrogens is 324 g/mol. The Morgan fingerprint density at radius 2 is 1.52 bits per heavy atom. The highest BCUT2D eigenvalue weighted by molar-refractivity contribution is 6.89. The summed E-state index contributed by atoms with van der Waals surface area (Å²) in [6.45, 7) is 7.27. The fraction of sp³-hybridized carbons (Fsp3) is 0.727. The smallest absolute Gasteiger partial charge is 0.125 e. The van der Waals surface area contributed by atoms with Crippen LogP contribution in [-0.4, -0.2) is 22.3 Å². The van der Waals surface area contributed by atoms with Crippen LogP contribution >= 0.6 is 0 Å². The van der Waals surface area contributed by atoms with Gasteiger partial charge in [0, 0.05) is 5.56 Å². The third kappa shape index (κ3) is 5.26. The van der Waals surface area contributed by atoms with E-state index in [4.69, 9.17) is 9.47 Å². The number of unbranched alkanes of at least 4 members (excludes halogenated alkanes) is 3. The van der Waals surface area contributed by atoms with E-state index in [2.05, 4.69) is 32.2 Å². The molecule has 0 aliphatic heterocycles. The summed E-state index contributed by atoms with van der Waals surface area (Å²) < 4.78 is 11.7. The fourth-order valence-electron chi connectivity index (χ4n) is 4.26. The normalized spacial score (nSPS) is 16.0. The van der Waals surface area contributed by atoms with Crippen molar-refractivity contribution < 1.29 is 9.47 Å². The summed E-state index contributed by atoms with van der Waals surface area (Å²) in [5.74, 6) is 2.73. The molecule has 2 nitrogen and oxygen atoms in total. The molecule has 1 aromatic rings. The van der Waals surface area contributed by atoms with Gasteiger partial charge in [0.25, 0.3) is 0 Å². The molecule has 1 saturated carbocycles. The van der Waals surface area contributed by atoms with Gasteiger partial charge in [-0.05, 0) is 30.9 Å². The van der Waals surface area contributed by atoms with E-state index in [9.17, 15) is 0 Å². The van der Waals surface area contributed by atoms with Crippen molar-refractivity contribution in [3.63, 3.8) is 0 Å². The Labute approximate surface area is 156 Å². The average Bonchev–Trinajstić information content (AvgIpc) is 2.64. The molecule has 3 heteroatoms. The molecule has 0 saturated heterocycles. The van der Waals surface area contributed by atoms with Crippen LogP contribution in [0.5, 0.6) is 11.5 Å². The van der Waals surface area contributed by atoms with Crippen molar-refractivity contribution in [2.24, 2.45) is 0 Å². The monoisotopic (exact) mass is 362 g/mol. The van der Waals surface area contributed by atoms with Crippen LogP contribution in [0.1, 0.15) is 76.2 Å². The van der Waals surface area contributed by atoms with E-state index in [0.29, 0.717) is 5.92 Å². The lowest BCUT2D eigenvalue weighted by atomic mass is 9.83. The number of hydrogen-bond acceptors (Lipinski definition) is 2. The Balaban J connectivity index is 2.27. The predicted octanol–water partition coefficient (Wildman–Crippen LogP) is 6.25. The molecule has 0 spiro atoms. The Morgan fingerprint density at radius 3 is 2.04 bits per heavy atom. The minimum atomic E-state index is -1.46. The SMILES string of the molecule is CCCCCC[Si](C)(C)c1cc(OC)c(C2CCCCC2)c(OC)c1. The highest BCUT2D eigenvalue weighted by Crippen LogP contribution is 2.42. The van der Waals surface area contributed by atoms with Crippen molar-refractivity contribution in [3.8, 4) is 11.5 Å². The highest BCUT2D eigenvalue weighted by atomic mass is 28.3. The molecule has 0 amide bonds. The lowest BCUT2D eigenvalue weighted by molar-refractivity contribution is 0.360. The molecule has 1 fully saturated rings. The minimum absolute atomic E-state index is 0.599. The highest BCUT2D eigenvalue weighted by Gasteiger charge is 2.29. The first-order chi connectivity index (χ1) is 12.0. The number of benzene rings is 1. The first kappa shape index (κ1) is 20.4. The van der Waals surface area contributed by atoms with Crippen molar-refractivity contribution in [2.45, 2.75) is 89.8 Å². The molecule has 1 aromatic carbocycles. The molecule has 142 valence electrons. The van der Waals surface area contributed by atoms with Crippen molar-refractivity contribution >= 4 is 13.3 Å². The lowest BCUT2D eigenvalue weighted by Gasteiger charge is -2.29. The minimum Gasteiger partial charge on any atom is -0.496 e. The topological polar surface area (TPSA) is 18.5 Å². The Bertz CT molecular complexity index is 508. The first-order valence-corrected chi connectivity index (χ1v) is 13.5. The van der Waals surface area contributed by atoms with Crippen molar-refractivity contribution in [3.05, 3.63) is 17.7 Å². The van der Waals surface area contributed by atoms with E-state index in [0.717, 1.165) is 11.5 Å². The Morgan fingerprint density at radius 1 is 0.920 bits per heavy atom. The van der Waals surface area contributed by atoms with Gasteiger partial charge in [-0.15, -0.1) is 0 Å². The maximum atomic E-state index is 5.86. The van der Waals surface area contributed by atoms with Crippen LogP contribution < -0.4 is 14.7 Å². The third-order valence-electron chi connectivity index (χ3n) is 5.99. The summed E-state index contributed by atoms with van der Waals surface area (Å²) in [7, 11) is 2.18. The van der Waals surface area contributed by atoms with Gasteiger partial charge in [-0.25, -0.2) is 0 Å². The zero-order valence-electron chi connectivity index (χ0n) is 17.1. The third-order valence-corrected chi connectivity index (χ3v) is 9.45. The second kappa shape index (κ2) is 9.66. The van der Waals surface area contributed by atoms with E-state index < -0.39 is 8.07 Å².